The SMILES string of the molecule is C=NN(c1ccccc1)c1ccccc1. The summed E-state index contributed by atoms with van der Waals surface area (Å²) in [5.41, 5.74) is 2.03. The van der Waals surface area contributed by atoms with Crippen molar-refractivity contribution < 1.29 is 0 Å². The Labute approximate surface area is 89.5 Å². The molecule has 0 saturated heterocycles. The third-order valence-corrected chi connectivity index (χ3v) is 2.14. The molecule has 74 valence electrons. The van der Waals surface area contributed by atoms with Crippen molar-refractivity contribution in [1.82, 2.24) is 0 Å². The highest BCUT2D eigenvalue weighted by atomic mass is 15.4. The highest BCUT2D eigenvalue weighted by molar-refractivity contribution is 5.63. The van der Waals surface area contributed by atoms with Crippen LogP contribution in [0.2, 0.25) is 0 Å². The number of nitrogens with zero attached hydrogens (tertiary/aromatic N) is 2. The van der Waals surface area contributed by atoms with E-state index in [0.717, 1.165) is 11.4 Å². The van der Waals surface area contributed by atoms with E-state index in [1.54, 1.807) is 5.01 Å². The van der Waals surface area contributed by atoms with Crippen molar-refractivity contribution >= 4 is 18.1 Å². The summed E-state index contributed by atoms with van der Waals surface area (Å²) in [4.78, 5) is 0. The van der Waals surface area contributed by atoms with Crippen LogP contribution < -0.4 is 5.01 Å². The molecule has 0 spiro atoms. The predicted octanol–water partition coefficient (Wildman–Crippen LogP) is 3.44. The molecular formula is C13H12N2. The van der Waals surface area contributed by atoms with E-state index >= 15 is 0 Å². The standard InChI is InChI=1S/C13H12N2/c1-14-15(12-8-4-2-5-9-12)13-10-6-3-7-11-13/h2-11H,1H2. The Morgan fingerprint density at radius 2 is 1.13 bits per heavy atom. The summed E-state index contributed by atoms with van der Waals surface area (Å²) in [5.74, 6) is 0. The van der Waals surface area contributed by atoms with Crippen molar-refractivity contribution in [2.24, 2.45) is 5.10 Å². The Kier molecular flexibility index (Phi) is 2.79. The van der Waals surface area contributed by atoms with E-state index in [1.807, 2.05) is 60.7 Å². The molecule has 0 saturated carbocycles. The molecule has 2 heteroatoms. The van der Waals surface area contributed by atoms with Crippen LogP contribution in [0.5, 0.6) is 0 Å². The molecule has 0 heterocycles. The second kappa shape index (κ2) is 4.42. The van der Waals surface area contributed by atoms with E-state index < -0.39 is 0 Å². The number of anilines is 2. The molecule has 2 aromatic carbocycles. The topological polar surface area (TPSA) is 15.6 Å². The second-order valence-corrected chi connectivity index (χ2v) is 3.12. The van der Waals surface area contributed by atoms with Crippen LogP contribution in [0.4, 0.5) is 11.4 Å². The number of hydrazone groups is 1. The molecule has 0 aliphatic rings. The number of rotatable bonds is 3. The minimum Gasteiger partial charge on any atom is -0.234 e. The molecule has 15 heavy (non-hydrogen) atoms. The van der Waals surface area contributed by atoms with Gasteiger partial charge in [0.15, 0.2) is 0 Å². The Hall–Kier alpha value is -2.09. The van der Waals surface area contributed by atoms with Gasteiger partial charge in [-0.15, -0.1) is 0 Å². The number of benzene rings is 2. The van der Waals surface area contributed by atoms with E-state index in [-0.39, 0.29) is 0 Å². The van der Waals surface area contributed by atoms with Crippen LogP contribution in [-0.2, 0) is 0 Å². The van der Waals surface area contributed by atoms with Crippen LogP contribution in [-0.4, -0.2) is 6.72 Å². The predicted molar refractivity (Wildman–Crippen MR) is 64.6 cm³/mol. The normalized spacial score (nSPS) is 9.60. The largest absolute Gasteiger partial charge is 0.234 e. The molecular weight excluding hydrogens is 184 g/mol. The van der Waals surface area contributed by atoms with E-state index in [2.05, 4.69) is 11.8 Å². The second-order valence-electron chi connectivity index (χ2n) is 3.12. The van der Waals surface area contributed by atoms with Crippen LogP contribution in [0.3, 0.4) is 0 Å². The van der Waals surface area contributed by atoms with Gasteiger partial charge in [0.1, 0.15) is 0 Å². The van der Waals surface area contributed by atoms with Gasteiger partial charge in [-0.2, -0.15) is 5.10 Å². The summed E-state index contributed by atoms with van der Waals surface area (Å²) in [6.45, 7) is 3.59. The van der Waals surface area contributed by atoms with Crippen molar-refractivity contribution in [2.75, 3.05) is 5.01 Å². The molecule has 0 fully saturated rings. The van der Waals surface area contributed by atoms with Crippen LogP contribution in [0.15, 0.2) is 65.8 Å². The molecule has 2 rings (SSSR count). The van der Waals surface area contributed by atoms with Gasteiger partial charge in [0.25, 0.3) is 0 Å². The average Bonchev–Trinajstić information content (AvgIpc) is 2.33. The molecule has 0 bridgehead atoms. The van der Waals surface area contributed by atoms with Crippen molar-refractivity contribution in [3.63, 3.8) is 0 Å². The van der Waals surface area contributed by atoms with Gasteiger partial charge < -0.3 is 0 Å². The lowest BCUT2D eigenvalue weighted by molar-refractivity contribution is 1.10. The zero-order chi connectivity index (χ0) is 10.5. The maximum absolute atomic E-state index is 4.01. The fourth-order valence-electron chi connectivity index (χ4n) is 1.45. The zero-order valence-corrected chi connectivity index (χ0v) is 8.38. The van der Waals surface area contributed by atoms with E-state index in [9.17, 15) is 0 Å². The van der Waals surface area contributed by atoms with Gasteiger partial charge in [-0.25, -0.2) is 5.01 Å². The fourth-order valence-corrected chi connectivity index (χ4v) is 1.45. The summed E-state index contributed by atoms with van der Waals surface area (Å²) in [7, 11) is 0. The summed E-state index contributed by atoms with van der Waals surface area (Å²) in [5, 5.41) is 5.82. The Morgan fingerprint density at radius 3 is 1.47 bits per heavy atom. The first-order chi connectivity index (χ1) is 7.42. The Bertz CT molecular complexity index is 383. The summed E-state index contributed by atoms with van der Waals surface area (Å²) < 4.78 is 0. The molecule has 2 aromatic rings. The summed E-state index contributed by atoms with van der Waals surface area (Å²) in [6, 6.07) is 19.9. The fraction of sp³-hybridized carbons (Fsp3) is 0. The molecule has 0 N–H and O–H groups in total. The first-order valence-corrected chi connectivity index (χ1v) is 4.78. The zero-order valence-electron chi connectivity index (χ0n) is 8.38. The van der Waals surface area contributed by atoms with Gasteiger partial charge in [0.2, 0.25) is 0 Å². The highest BCUT2D eigenvalue weighted by Crippen LogP contribution is 2.24. The van der Waals surface area contributed by atoms with Gasteiger partial charge in [0.05, 0.1) is 11.4 Å². The van der Waals surface area contributed by atoms with E-state index in [0.29, 0.717) is 0 Å². The minimum atomic E-state index is 1.01. The third kappa shape index (κ3) is 2.05. The number of para-hydroxylation sites is 2. The van der Waals surface area contributed by atoms with Gasteiger partial charge in [0, 0.05) is 6.72 Å². The molecule has 0 amide bonds. The molecule has 0 radical (unpaired) electrons. The number of hydrogen-bond donors (Lipinski definition) is 0. The number of hydrogen-bond acceptors (Lipinski definition) is 2. The lowest BCUT2D eigenvalue weighted by Gasteiger charge is -2.18. The van der Waals surface area contributed by atoms with Crippen LogP contribution >= 0.6 is 0 Å². The maximum atomic E-state index is 4.01. The molecule has 0 aliphatic heterocycles. The van der Waals surface area contributed by atoms with Gasteiger partial charge in [-0.05, 0) is 24.3 Å². The molecule has 0 aromatic heterocycles. The van der Waals surface area contributed by atoms with Gasteiger partial charge >= 0.3 is 0 Å². The minimum absolute atomic E-state index is 1.01. The molecule has 2 nitrogen and oxygen atoms in total. The summed E-state index contributed by atoms with van der Waals surface area (Å²) >= 11 is 0. The Morgan fingerprint density at radius 1 is 0.733 bits per heavy atom. The maximum Gasteiger partial charge on any atom is 0.0652 e. The highest BCUT2D eigenvalue weighted by Gasteiger charge is 2.04. The van der Waals surface area contributed by atoms with Gasteiger partial charge in [-0.1, -0.05) is 36.4 Å². The smallest absolute Gasteiger partial charge is 0.0652 e. The monoisotopic (exact) mass is 196 g/mol. The van der Waals surface area contributed by atoms with Crippen molar-refractivity contribution in [1.29, 1.82) is 0 Å². The molecule has 0 unspecified atom stereocenters. The third-order valence-electron chi connectivity index (χ3n) is 2.14. The Balaban J connectivity index is 2.38. The summed E-state index contributed by atoms with van der Waals surface area (Å²) in [6.07, 6.45) is 0. The van der Waals surface area contributed by atoms with E-state index in [4.69, 9.17) is 0 Å². The van der Waals surface area contributed by atoms with Crippen LogP contribution in [0, 0.1) is 0 Å². The van der Waals surface area contributed by atoms with Crippen LogP contribution in [0.1, 0.15) is 0 Å². The lowest BCUT2D eigenvalue weighted by Crippen LogP contribution is -2.07. The first-order valence-electron chi connectivity index (χ1n) is 4.78. The van der Waals surface area contributed by atoms with E-state index in [1.165, 1.54) is 0 Å². The van der Waals surface area contributed by atoms with Crippen molar-refractivity contribution in [3.05, 3.63) is 60.7 Å². The average molecular weight is 196 g/mol. The van der Waals surface area contributed by atoms with Crippen molar-refractivity contribution in [3.8, 4) is 0 Å². The molecule has 0 aliphatic carbocycles. The van der Waals surface area contributed by atoms with Crippen LogP contribution in [0.25, 0.3) is 0 Å². The lowest BCUT2D eigenvalue weighted by atomic mass is 10.2. The van der Waals surface area contributed by atoms with Gasteiger partial charge in [-0.3, -0.25) is 0 Å². The quantitative estimate of drug-likeness (QED) is 0.542. The van der Waals surface area contributed by atoms with Crippen molar-refractivity contribution in [2.45, 2.75) is 0 Å². The molecule has 0 atom stereocenters. The first kappa shape index (κ1) is 9.46.